The van der Waals surface area contributed by atoms with Crippen molar-refractivity contribution in [2.24, 2.45) is 5.41 Å². The van der Waals surface area contributed by atoms with Crippen molar-refractivity contribution >= 4 is 17.9 Å². The molecule has 1 spiro atoms. The Labute approximate surface area is 206 Å². The van der Waals surface area contributed by atoms with E-state index in [2.05, 4.69) is 4.98 Å². The number of carbonyl (C=O) groups excluding carboxylic acids is 2. The quantitative estimate of drug-likeness (QED) is 0.564. The molecular formula is C27H33N3O5. The highest BCUT2D eigenvalue weighted by molar-refractivity contribution is 5.96. The summed E-state index contributed by atoms with van der Waals surface area (Å²) >= 11 is 0. The number of para-hydroxylation sites is 1. The first kappa shape index (κ1) is 24.6. The van der Waals surface area contributed by atoms with Gasteiger partial charge in [0.05, 0.1) is 20.8 Å². The van der Waals surface area contributed by atoms with Gasteiger partial charge in [0, 0.05) is 43.9 Å². The molecule has 4 rings (SSSR count). The van der Waals surface area contributed by atoms with Crippen LogP contribution in [-0.4, -0.2) is 73.6 Å². The molecule has 2 saturated heterocycles. The molecule has 2 aliphatic heterocycles. The van der Waals surface area contributed by atoms with E-state index in [0.717, 1.165) is 30.6 Å². The number of rotatable bonds is 7. The number of benzene rings is 1. The summed E-state index contributed by atoms with van der Waals surface area (Å²) in [6, 6.07) is 11.1. The minimum Gasteiger partial charge on any atom is -0.493 e. The van der Waals surface area contributed by atoms with E-state index in [4.69, 9.17) is 14.2 Å². The van der Waals surface area contributed by atoms with Gasteiger partial charge in [-0.1, -0.05) is 18.2 Å². The summed E-state index contributed by atoms with van der Waals surface area (Å²) in [5.41, 5.74) is 1.38. The van der Waals surface area contributed by atoms with E-state index in [1.54, 1.807) is 18.2 Å². The molecule has 1 aromatic heterocycles. The average Bonchev–Trinajstić information content (AvgIpc) is 3.31. The molecule has 3 heterocycles. The molecule has 0 bridgehead atoms. The van der Waals surface area contributed by atoms with Crippen LogP contribution in [-0.2, 0) is 4.79 Å². The Morgan fingerprint density at radius 3 is 2.40 bits per heavy atom. The van der Waals surface area contributed by atoms with Crippen molar-refractivity contribution in [3.63, 3.8) is 0 Å². The average molecular weight is 480 g/mol. The fourth-order valence-corrected chi connectivity index (χ4v) is 4.92. The van der Waals surface area contributed by atoms with E-state index >= 15 is 0 Å². The van der Waals surface area contributed by atoms with Crippen LogP contribution in [0.2, 0.25) is 0 Å². The molecule has 0 saturated carbocycles. The van der Waals surface area contributed by atoms with Crippen LogP contribution in [0, 0.1) is 5.41 Å². The molecule has 0 N–H and O–H groups in total. The van der Waals surface area contributed by atoms with E-state index in [1.165, 1.54) is 14.2 Å². The third-order valence-corrected chi connectivity index (χ3v) is 6.95. The number of pyridine rings is 1. The number of nitrogens with zero attached hydrogens (tertiary/aromatic N) is 3. The molecule has 8 nitrogen and oxygen atoms in total. The van der Waals surface area contributed by atoms with Crippen LogP contribution in [0.5, 0.6) is 17.5 Å². The van der Waals surface area contributed by atoms with Crippen molar-refractivity contribution in [3.05, 3.63) is 53.6 Å². The van der Waals surface area contributed by atoms with Gasteiger partial charge in [-0.05, 0) is 49.8 Å². The normalized spacial score (nSPS) is 17.1. The van der Waals surface area contributed by atoms with Crippen molar-refractivity contribution in [1.82, 2.24) is 14.8 Å². The van der Waals surface area contributed by atoms with Gasteiger partial charge < -0.3 is 24.0 Å². The Morgan fingerprint density at radius 1 is 1.00 bits per heavy atom. The van der Waals surface area contributed by atoms with Crippen molar-refractivity contribution in [3.8, 4) is 17.5 Å². The first-order valence-electron chi connectivity index (χ1n) is 12.1. The van der Waals surface area contributed by atoms with E-state index in [1.807, 2.05) is 47.1 Å². The monoisotopic (exact) mass is 479 g/mol. The van der Waals surface area contributed by atoms with E-state index in [-0.39, 0.29) is 23.1 Å². The maximum Gasteiger partial charge on any atom is 0.259 e. The number of amides is 2. The lowest BCUT2D eigenvalue weighted by molar-refractivity contribution is -0.128. The summed E-state index contributed by atoms with van der Waals surface area (Å²) in [6.45, 7) is 5.26. The SMILES string of the molecule is CCOc1ccccc1C=CC(=O)N1CCC2(CC1)CCN(C(=O)c1ccc(OC)nc1OC)C2. The maximum atomic E-state index is 13.2. The van der Waals surface area contributed by atoms with Gasteiger partial charge in [-0.3, -0.25) is 9.59 Å². The molecule has 2 aromatic rings. The Kier molecular flexibility index (Phi) is 7.58. The Bertz CT molecular complexity index is 1090. The first-order valence-corrected chi connectivity index (χ1v) is 12.1. The van der Waals surface area contributed by atoms with Gasteiger partial charge in [-0.2, -0.15) is 4.98 Å². The van der Waals surface area contributed by atoms with Crippen LogP contribution >= 0.6 is 0 Å². The highest BCUT2D eigenvalue weighted by atomic mass is 16.5. The number of methoxy groups -OCH3 is 2. The fourth-order valence-electron chi connectivity index (χ4n) is 4.92. The van der Waals surface area contributed by atoms with Gasteiger partial charge in [0.15, 0.2) is 0 Å². The van der Waals surface area contributed by atoms with Crippen LogP contribution in [0.25, 0.3) is 6.08 Å². The zero-order valence-corrected chi connectivity index (χ0v) is 20.7. The fraction of sp³-hybridized carbons (Fsp3) is 0.444. The van der Waals surface area contributed by atoms with Gasteiger partial charge >= 0.3 is 0 Å². The van der Waals surface area contributed by atoms with Crippen molar-refractivity contribution in [1.29, 1.82) is 0 Å². The number of ether oxygens (including phenoxy) is 3. The number of hydrogen-bond donors (Lipinski definition) is 0. The zero-order valence-electron chi connectivity index (χ0n) is 20.7. The molecule has 0 atom stereocenters. The van der Waals surface area contributed by atoms with Crippen LogP contribution < -0.4 is 14.2 Å². The molecule has 0 unspecified atom stereocenters. The number of aromatic nitrogens is 1. The minimum atomic E-state index is -0.0803. The lowest BCUT2D eigenvalue weighted by atomic mass is 9.78. The summed E-state index contributed by atoms with van der Waals surface area (Å²) in [4.78, 5) is 34.0. The van der Waals surface area contributed by atoms with Crippen LogP contribution in [0.15, 0.2) is 42.5 Å². The van der Waals surface area contributed by atoms with Gasteiger partial charge in [0.2, 0.25) is 17.7 Å². The lowest BCUT2D eigenvalue weighted by Crippen LogP contribution is -2.44. The molecule has 35 heavy (non-hydrogen) atoms. The second kappa shape index (κ2) is 10.8. The summed E-state index contributed by atoms with van der Waals surface area (Å²) in [6.07, 6.45) is 6.14. The summed E-state index contributed by atoms with van der Waals surface area (Å²) < 4.78 is 16.1. The summed E-state index contributed by atoms with van der Waals surface area (Å²) in [5.74, 6) is 1.38. The molecule has 2 aliphatic rings. The molecular weight excluding hydrogens is 446 g/mol. The molecule has 0 radical (unpaired) electrons. The molecule has 0 aliphatic carbocycles. The van der Waals surface area contributed by atoms with Crippen LogP contribution in [0.4, 0.5) is 0 Å². The van der Waals surface area contributed by atoms with Crippen molar-refractivity contribution in [2.75, 3.05) is 47.0 Å². The standard InChI is InChI=1S/C27H33N3O5/c1-4-35-22-8-6-5-7-20(22)9-12-24(31)29-16-13-27(14-17-29)15-18-30(19-27)26(32)21-10-11-23(33-2)28-25(21)34-3/h5-12H,4,13-19H2,1-3H3. The number of likely N-dealkylation sites (tertiary alicyclic amines) is 2. The first-order chi connectivity index (χ1) is 17.0. The Balaban J connectivity index is 1.35. The third-order valence-electron chi connectivity index (χ3n) is 6.95. The van der Waals surface area contributed by atoms with Crippen molar-refractivity contribution < 1.29 is 23.8 Å². The topological polar surface area (TPSA) is 81.2 Å². The number of piperidine rings is 1. The minimum absolute atomic E-state index is 0.00567. The van der Waals surface area contributed by atoms with Gasteiger partial charge in [-0.25, -0.2) is 0 Å². The highest BCUT2D eigenvalue weighted by Gasteiger charge is 2.43. The van der Waals surface area contributed by atoms with Crippen LogP contribution in [0.3, 0.4) is 0 Å². The largest absolute Gasteiger partial charge is 0.493 e. The lowest BCUT2D eigenvalue weighted by Gasteiger charge is -2.39. The molecule has 2 amide bonds. The molecule has 186 valence electrons. The number of carbonyl (C=O) groups is 2. The third kappa shape index (κ3) is 5.42. The van der Waals surface area contributed by atoms with E-state index in [0.29, 0.717) is 44.2 Å². The van der Waals surface area contributed by atoms with Gasteiger partial charge in [-0.15, -0.1) is 0 Å². The van der Waals surface area contributed by atoms with Gasteiger partial charge in [0.1, 0.15) is 11.3 Å². The van der Waals surface area contributed by atoms with Gasteiger partial charge in [0.25, 0.3) is 5.91 Å². The molecule has 8 heteroatoms. The smallest absolute Gasteiger partial charge is 0.259 e. The second-order valence-electron chi connectivity index (χ2n) is 9.02. The maximum absolute atomic E-state index is 13.2. The molecule has 2 fully saturated rings. The Hall–Kier alpha value is -3.55. The van der Waals surface area contributed by atoms with E-state index < -0.39 is 0 Å². The summed E-state index contributed by atoms with van der Waals surface area (Å²) in [7, 11) is 3.03. The zero-order chi connectivity index (χ0) is 24.8. The summed E-state index contributed by atoms with van der Waals surface area (Å²) in [5, 5.41) is 0. The molecule has 1 aromatic carbocycles. The van der Waals surface area contributed by atoms with Crippen molar-refractivity contribution in [2.45, 2.75) is 26.2 Å². The van der Waals surface area contributed by atoms with Crippen LogP contribution in [0.1, 0.15) is 42.1 Å². The second-order valence-corrected chi connectivity index (χ2v) is 9.02. The highest BCUT2D eigenvalue weighted by Crippen LogP contribution is 2.41. The van der Waals surface area contributed by atoms with E-state index in [9.17, 15) is 9.59 Å². The number of hydrogen-bond acceptors (Lipinski definition) is 6. The predicted molar refractivity (Wildman–Crippen MR) is 133 cm³/mol. The Morgan fingerprint density at radius 2 is 1.71 bits per heavy atom. The predicted octanol–water partition coefficient (Wildman–Crippen LogP) is 3.67.